The highest BCUT2D eigenvalue weighted by atomic mass is 16.4. The van der Waals surface area contributed by atoms with Crippen LogP contribution in [0.5, 0.6) is 0 Å². The zero-order valence-corrected chi connectivity index (χ0v) is 54.8. The molecule has 2 fully saturated rings. The Bertz CT molecular complexity index is 3670. The molecule has 2 aromatic heterocycles. The number of nitrogen functional groups attached to an aromatic ring is 1. The van der Waals surface area contributed by atoms with Crippen LogP contribution in [0.25, 0.3) is 11.2 Å². The predicted molar refractivity (Wildman–Crippen MR) is 361 cm³/mol. The number of nitrogens with zero attached hydrogens (tertiary/aromatic N) is 11. The lowest BCUT2D eigenvalue weighted by Gasteiger charge is -2.32. The zero-order chi connectivity index (χ0) is 72.3. The van der Waals surface area contributed by atoms with E-state index in [1.807, 2.05) is 0 Å². The zero-order valence-electron chi connectivity index (χ0n) is 54.8. The van der Waals surface area contributed by atoms with Crippen molar-refractivity contribution in [1.29, 1.82) is 0 Å². The molecule has 0 spiro atoms. The number of benzene rings is 3. The summed E-state index contributed by atoms with van der Waals surface area (Å²) < 4.78 is 0. The van der Waals surface area contributed by atoms with E-state index >= 15 is 0 Å². The number of fused-ring (bicyclic) bond motifs is 1. The first-order valence-corrected chi connectivity index (χ1v) is 31.9. The largest absolute Gasteiger partial charge is 0.480 e. The van der Waals surface area contributed by atoms with Crippen LogP contribution in [0.2, 0.25) is 0 Å². The van der Waals surface area contributed by atoms with Gasteiger partial charge in [0.25, 0.3) is 11.5 Å². The van der Waals surface area contributed by atoms with Crippen molar-refractivity contribution in [2.24, 2.45) is 0 Å². The average molecular weight is 1390 g/mol. The van der Waals surface area contributed by atoms with Crippen molar-refractivity contribution in [1.82, 2.24) is 64.5 Å². The highest BCUT2D eigenvalue weighted by molar-refractivity contribution is 6.02. The van der Waals surface area contributed by atoms with E-state index in [2.05, 4.69) is 51.8 Å². The number of carboxylic acid groups (broad SMARTS) is 6. The second kappa shape index (κ2) is 38.5. The number of hydrogen-bond acceptors (Lipinski definition) is 25. The number of aromatic amines is 1. The number of nitrogens with one attached hydrogen (secondary N) is 7. The summed E-state index contributed by atoms with van der Waals surface area (Å²) >= 11 is 0. The van der Waals surface area contributed by atoms with E-state index in [-0.39, 0.29) is 205 Å². The lowest BCUT2D eigenvalue weighted by molar-refractivity contribution is -0.140. The van der Waals surface area contributed by atoms with Crippen LogP contribution in [0.4, 0.5) is 34.4 Å². The van der Waals surface area contributed by atoms with Gasteiger partial charge in [-0.3, -0.25) is 102 Å². The molecule has 0 saturated carbocycles. The van der Waals surface area contributed by atoms with Crippen molar-refractivity contribution < 1.29 is 83.4 Å². The van der Waals surface area contributed by atoms with Gasteiger partial charge in [-0.1, -0.05) is 0 Å². The third kappa shape index (κ3) is 27.3. The van der Waals surface area contributed by atoms with Crippen molar-refractivity contribution in [3.8, 4) is 0 Å². The number of aliphatic carboxylic acids is 6. The Labute approximate surface area is 572 Å². The number of rotatable bonds is 29. The van der Waals surface area contributed by atoms with Crippen LogP contribution in [0, 0.1) is 0 Å². The molecule has 3 aromatic carbocycles. The molecule has 538 valence electrons. The molecule has 4 heterocycles. The quantitative estimate of drug-likeness (QED) is 0.0244. The van der Waals surface area contributed by atoms with Crippen molar-refractivity contribution in [3.63, 3.8) is 0 Å². The van der Waals surface area contributed by atoms with Crippen LogP contribution in [-0.2, 0) is 54.5 Å². The number of aromatic nitrogens is 4. The topological polar surface area (TPSA) is 505 Å². The average Bonchev–Trinajstić information content (AvgIpc) is 0.815. The molecule has 0 aliphatic carbocycles. The van der Waals surface area contributed by atoms with Gasteiger partial charge in [-0.25, -0.2) is 9.97 Å². The second-order valence-corrected chi connectivity index (χ2v) is 23.8. The van der Waals surface area contributed by atoms with Crippen molar-refractivity contribution in [2.45, 2.75) is 25.4 Å². The third-order valence-corrected chi connectivity index (χ3v) is 16.0. The van der Waals surface area contributed by atoms with Crippen LogP contribution >= 0.6 is 0 Å². The van der Waals surface area contributed by atoms with E-state index in [1.165, 1.54) is 54.7 Å². The maximum Gasteiger partial charge on any atom is 0.317 e. The summed E-state index contributed by atoms with van der Waals surface area (Å²) in [6.45, 7) is 1.08. The SMILES string of the molecule is Nc1nc2ncc(CNc3ccc(C(=O)NC(CCC(=O)Nc4ccc(NC(=O)CN5CCN(CC(=O)O)CCN(CC(=O)O)CCN(CC(=O)O)CC5)cc4)C(=O)Nc4ccc(NC(=O)CN5CCN(CC(=O)O)CCN(CC(=O)O)CCN(CC(=O)O)CC5)cc4)cc3)nc2c(=O)[nH]1. The van der Waals surface area contributed by atoms with Gasteiger partial charge in [0.1, 0.15) is 6.04 Å². The fraction of sp³-hybridized carbons (Fsp3) is 0.444. The fourth-order valence-corrected chi connectivity index (χ4v) is 10.9. The minimum absolute atomic E-state index is 0.00994. The third-order valence-electron chi connectivity index (χ3n) is 16.0. The molecule has 15 N–H and O–H groups in total. The summed E-state index contributed by atoms with van der Waals surface area (Å²) in [5.41, 5.74) is 7.45. The molecule has 5 amide bonds. The number of nitrogens with two attached hydrogens (primary N) is 1. The molecule has 2 saturated heterocycles. The fourth-order valence-electron chi connectivity index (χ4n) is 10.9. The Morgan fingerprint density at radius 3 is 1.10 bits per heavy atom. The summed E-state index contributed by atoms with van der Waals surface area (Å²) in [4.78, 5) is 180. The number of carboxylic acids is 6. The molecular weight excluding hydrogens is 1310 g/mol. The van der Waals surface area contributed by atoms with Crippen molar-refractivity contribution in [3.05, 3.63) is 101 Å². The number of hydrogen-bond donors (Lipinski definition) is 14. The van der Waals surface area contributed by atoms with Crippen LogP contribution < -0.4 is 43.2 Å². The van der Waals surface area contributed by atoms with E-state index in [0.29, 0.717) is 28.4 Å². The number of H-pyrrole nitrogens is 1. The van der Waals surface area contributed by atoms with E-state index in [9.17, 15) is 88.2 Å². The normalized spacial score (nSPS) is 16.2. The maximum atomic E-state index is 14.2. The molecule has 5 aromatic rings. The molecule has 0 bridgehead atoms. The molecular formula is C63H83N19O18. The molecule has 37 nitrogen and oxygen atoms in total. The van der Waals surface area contributed by atoms with Gasteiger partial charge in [0.05, 0.1) is 70.8 Å². The smallest absolute Gasteiger partial charge is 0.317 e. The van der Waals surface area contributed by atoms with E-state index in [4.69, 9.17) is 5.73 Å². The van der Waals surface area contributed by atoms with Gasteiger partial charge in [-0.15, -0.1) is 0 Å². The second-order valence-electron chi connectivity index (χ2n) is 23.8. The summed E-state index contributed by atoms with van der Waals surface area (Å²) in [5, 5.41) is 74.4. The van der Waals surface area contributed by atoms with E-state index in [0.717, 1.165) is 0 Å². The van der Waals surface area contributed by atoms with Gasteiger partial charge in [0.2, 0.25) is 29.6 Å². The minimum atomic E-state index is -1.32. The van der Waals surface area contributed by atoms with Crippen LogP contribution in [0.1, 0.15) is 28.9 Å². The summed E-state index contributed by atoms with van der Waals surface area (Å²) in [7, 11) is 0. The summed E-state index contributed by atoms with van der Waals surface area (Å²) in [6.07, 6.45) is 0.917. The molecule has 2 aliphatic rings. The first kappa shape index (κ1) is 76.7. The number of anilines is 6. The van der Waals surface area contributed by atoms with E-state index in [1.54, 1.807) is 63.5 Å². The van der Waals surface area contributed by atoms with Gasteiger partial charge < -0.3 is 68.3 Å². The first-order chi connectivity index (χ1) is 47.7. The van der Waals surface area contributed by atoms with Crippen molar-refractivity contribution in [2.75, 3.05) is 189 Å². The molecule has 2 aliphatic heterocycles. The van der Waals surface area contributed by atoms with Gasteiger partial charge in [-0.05, 0) is 79.2 Å². The van der Waals surface area contributed by atoms with Crippen LogP contribution in [-0.4, -0.2) is 318 Å². The first-order valence-electron chi connectivity index (χ1n) is 31.9. The molecule has 1 unspecified atom stereocenters. The predicted octanol–water partition coefficient (Wildman–Crippen LogP) is -2.11. The molecule has 0 radical (unpaired) electrons. The van der Waals surface area contributed by atoms with Crippen molar-refractivity contribution >= 4 is 111 Å². The monoisotopic (exact) mass is 1390 g/mol. The Morgan fingerprint density at radius 1 is 0.430 bits per heavy atom. The van der Waals surface area contributed by atoms with Gasteiger partial charge in [-0.2, -0.15) is 4.98 Å². The number of carbonyl (C=O) groups is 11. The van der Waals surface area contributed by atoms with E-state index < -0.39 is 77.0 Å². The minimum Gasteiger partial charge on any atom is -0.480 e. The summed E-state index contributed by atoms with van der Waals surface area (Å²) in [6, 6.07) is 17.1. The Balaban J connectivity index is 0.984. The lowest BCUT2D eigenvalue weighted by Crippen LogP contribution is -2.49. The Morgan fingerprint density at radius 2 is 0.750 bits per heavy atom. The number of carbonyl (C=O) groups excluding carboxylic acids is 5. The van der Waals surface area contributed by atoms with Gasteiger partial charge in [0.15, 0.2) is 11.2 Å². The highest BCUT2D eigenvalue weighted by Crippen LogP contribution is 2.19. The van der Waals surface area contributed by atoms with Crippen LogP contribution in [0.15, 0.2) is 83.8 Å². The molecule has 37 heteroatoms. The van der Waals surface area contributed by atoms with Gasteiger partial charge >= 0.3 is 35.8 Å². The molecule has 1 atom stereocenters. The highest BCUT2D eigenvalue weighted by Gasteiger charge is 2.27. The van der Waals surface area contributed by atoms with Crippen LogP contribution in [0.3, 0.4) is 0 Å². The Kier molecular flexibility index (Phi) is 29.5. The Hall–Kier alpha value is -10.7. The summed E-state index contributed by atoms with van der Waals surface area (Å²) in [5.74, 6) is -9.50. The maximum absolute atomic E-state index is 14.2. The van der Waals surface area contributed by atoms with Gasteiger partial charge in [0, 0.05) is 145 Å². The molecule has 7 rings (SSSR count). The standard InChI is InChI=1S/C63H83N19O18/c64-63-73-59-58(62(100)74-63)70-47(32-66-59)31-65-42-3-1-41(2-4-42)60(98)72-48(61(99)71-46-11-9-45(10-12-46)69-51(85)34-76-17-21-79(37-54(90)91)25-29-82(40-57(96)97)30-26-80(22-18-76)38-55(92)93)13-14-49(83)67-43-5-7-44(8-6-43)68-50(84)33-75-15-19-77(35-52(86)87)23-27-81(39-56(94)95)28-24-78(20-16-75)36-53(88)89/h1-12,32,48,65H,13-31,33-40H2,(H,67,83)(H,68,84)(H,69,85)(H,71,99)(H,72,98)(H,86,87)(H,88,89)(H,90,91)(H,92,93)(H,94,95)(H,96,97)(H3,64,66,73,74,100). The lowest BCUT2D eigenvalue weighted by atomic mass is 10.1. The molecule has 100 heavy (non-hydrogen) atoms. The number of amides is 5.